The van der Waals surface area contributed by atoms with Crippen molar-refractivity contribution in [3.05, 3.63) is 58.1 Å². The van der Waals surface area contributed by atoms with E-state index >= 15 is 0 Å². The number of hydrogen-bond acceptors (Lipinski definition) is 6. The van der Waals surface area contributed by atoms with Gasteiger partial charge in [0.05, 0.1) is 35.1 Å². The quantitative estimate of drug-likeness (QED) is 0.775. The normalized spacial score (nSPS) is 19.2. The van der Waals surface area contributed by atoms with Crippen molar-refractivity contribution in [2.75, 3.05) is 13.2 Å². The van der Waals surface area contributed by atoms with E-state index in [4.69, 9.17) is 14.2 Å². The highest BCUT2D eigenvalue weighted by Crippen LogP contribution is 2.46. The molecule has 2 aliphatic rings. The third kappa shape index (κ3) is 3.56. The van der Waals surface area contributed by atoms with E-state index in [2.05, 4.69) is 5.32 Å². The summed E-state index contributed by atoms with van der Waals surface area (Å²) in [4.78, 5) is 24.3. The minimum absolute atomic E-state index is 0.00630. The second-order valence-electron chi connectivity index (χ2n) is 6.09. The Hall–Kier alpha value is -2.97. The predicted molar refractivity (Wildman–Crippen MR) is 90.7 cm³/mol. The first kappa shape index (κ1) is 19.8. The molecule has 1 aromatic rings. The van der Waals surface area contributed by atoms with Crippen molar-refractivity contribution < 1.29 is 37.0 Å². The number of nitrogens with one attached hydrogen (secondary N) is 1. The molecule has 2 aliphatic heterocycles. The van der Waals surface area contributed by atoms with Crippen LogP contribution in [0, 0.1) is 0 Å². The van der Waals surface area contributed by atoms with Gasteiger partial charge in [-0.25, -0.2) is 9.59 Å². The fourth-order valence-electron chi connectivity index (χ4n) is 3.28. The topological polar surface area (TPSA) is 73.9 Å². The molecule has 0 amide bonds. The molecule has 0 bridgehead atoms. The van der Waals surface area contributed by atoms with Crippen LogP contribution in [-0.2, 0) is 25.2 Å². The molecule has 0 spiro atoms. The van der Waals surface area contributed by atoms with E-state index in [1.807, 2.05) is 0 Å². The number of rotatable bonds is 4. The van der Waals surface area contributed by atoms with Crippen LogP contribution < -0.4 is 5.32 Å². The van der Waals surface area contributed by atoms with Crippen molar-refractivity contribution in [2.45, 2.75) is 32.4 Å². The number of dihydropyridines is 1. The summed E-state index contributed by atoms with van der Waals surface area (Å²) in [5.74, 6) is -2.11. The van der Waals surface area contributed by atoms with Gasteiger partial charge in [-0.2, -0.15) is 13.2 Å². The van der Waals surface area contributed by atoms with Crippen LogP contribution in [0.1, 0.15) is 37.3 Å². The Labute approximate surface area is 158 Å². The van der Waals surface area contributed by atoms with E-state index in [9.17, 15) is 22.8 Å². The number of carbonyl (C=O) groups excluding carboxylic acids is 2. The molecular formula is C19H18F3NO5. The average molecular weight is 397 g/mol. The maximum Gasteiger partial charge on any atom is 0.513 e. The van der Waals surface area contributed by atoms with Crippen LogP contribution in [0.15, 0.2) is 47.0 Å². The van der Waals surface area contributed by atoms with E-state index in [0.29, 0.717) is 17.8 Å². The Morgan fingerprint density at radius 2 is 2.00 bits per heavy atom. The molecule has 2 heterocycles. The second kappa shape index (κ2) is 7.57. The molecule has 150 valence electrons. The van der Waals surface area contributed by atoms with Gasteiger partial charge in [0.1, 0.15) is 12.4 Å². The molecule has 0 fully saturated rings. The summed E-state index contributed by atoms with van der Waals surface area (Å²) < 4.78 is 56.0. The number of benzene rings is 1. The van der Waals surface area contributed by atoms with Crippen molar-refractivity contribution in [3.8, 4) is 0 Å². The summed E-state index contributed by atoms with van der Waals surface area (Å²) in [7, 11) is 0. The van der Waals surface area contributed by atoms with Crippen LogP contribution in [-0.4, -0.2) is 25.3 Å². The summed E-state index contributed by atoms with van der Waals surface area (Å²) in [6.45, 7) is 3.25. The molecule has 1 aromatic carbocycles. The molecule has 0 radical (unpaired) electrons. The van der Waals surface area contributed by atoms with E-state index < -0.39 is 29.8 Å². The minimum atomic E-state index is -4.66. The molecule has 1 N–H and O–H groups in total. The Morgan fingerprint density at radius 3 is 2.64 bits per heavy atom. The Balaban J connectivity index is 2.20. The van der Waals surface area contributed by atoms with Crippen molar-refractivity contribution in [1.29, 1.82) is 0 Å². The first-order valence-corrected chi connectivity index (χ1v) is 8.68. The monoisotopic (exact) mass is 397 g/mol. The lowest BCUT2D eigenvalue weighted by Gasteiger charge is -2.30. The number of esters is 1. The SMILES string of the molecule is CCOC(=O)OC1=C(CC)NC2=C(C(=O)OC2)C1c1ccccc1C(F)(F)F. The largest absolute Gasteiger partial charge is 0.513 e. The molecule has 3 rings (SSSR count). The van der Waals surface area contributed by atoms with Gasteiger partial charge in [0.2, 0.25) is 0 Å². The summed E-state index contributed by atoms with van der Waals surface area (Å²) >= 11 is 0. The zero-order valence-electron chi connectivity index (χ0n) is 15.2. The number of alkyl halides is 3. The van der Waals surface area contributed by atoms with Crippen molar-refractivity contribution >= 4 is 12.1 Å². The Kier molecular flexibility index (Phi) is 5.35. The van der Waals surface area contributed by atoms with Gasteiger partial charge < -0.3 is 19.5 Å². The molecule has 0 aromatic heterocycles. The van der Waals surface area contributed by atoms with Gasteiger partial charge in [-0.05, 0) is 25.0 Å². The predicted octanol–water partition coefficient (Wildman–Crippen LogP) is 4.00. The molecule has 1 atom stereocenters. The molecule has 0 saturated heterocycles. The number of carbonyl (C=O) groups is 2. The zero-order valence-corrected chi connectivity index (χ0v) is 15.2. The first-order chi connectivity index (χ1) is 13.3. The van der Waals surface area contributed by atoms with Gasteiger partial charge in [-0.15, -0.1) is 0 Å². The van der Waals surface area contributed by atoms with Crippen molar-refractivity contribution in [2.24, 2.45) is 0 Å². The average Bonchev–Trinajstić information content (AvgIpc) is 3.01. The smallest absolute Gasteiger partial charge is 0.456 e. The Bertz CT molecular complexity index is 873. The fourth-order valence-corrected chi connectivity index (χ4v) is 3.28. The third-order valence-corrected chi connectivity index (χ3v) is 4.43. The minimum Gasteiger partial charge on any atom is -0.456 e. The maximum absolute atomic E-state index is 13.6. The van der Waals surface area contributed by atoms with Gasteiger partial charge in [-0.1, -0.05) is 25.1 Å². The maximum atomic E-state index is 13.6. The number of allylic oxidation sites excluding steroid dienone is 2. The van der Waals surface area contributed by atoms with Gasteiger partial charge in [0, 0.05) is 0 Å². The molecular weight excluding hydrogens is 379 g/mol. The lowest BCUT2D eigenvalue weighted by Crippen LogP contribution is -2.30. The van der Waals surface area contributed by atoms with Gasteiger partial charge in [-0.3, -0.25) is 0 Å². The summed E-state index contributed by atoms with van der Waals surface area (Å²) in [6, 6.07) is 4.87. The van der Waals surface area contributed by atoms with Crippen LogP contribution in [0.25, 0.3) is 0 Å². The zero-order chi connectivity index (χ0) is 20.5. The molecule has 0 saturated carbocycles. The van der Waals surface area contributed by atoms with Crippen molar-refractivity contribution in [1.82, 2.24) is 5.32 Å². The van der Waals surface area contributed by atoms with Crippen LogP contribution in [0.5, 0.6) is 0 Å². The van der Waals surface area contributed by atoms with Crippen LogP contribution in [0.2, 0.25) is 0 Å². The molecule has 9 heteroatoms. The highest BCUT2D eigenvalue weighted by molar-refractivity contribution is 5.95. The summed E-state index contributed by atoms with van der Waals surface area (Å²) in [5.41, 5.74) is -0.387. The Morgan fingerprint density at radius 1 is 1.29 bits per heavy atom. The lowest BCUT2D eigenvalue weighted by molar-refractivity contribution is -0.139. The number of hydrogen-bond donors (Lipinski definition) is 1. The number of cyclic esters (lactones) is 1. The standard InChI is InChI=1S/C19H18F3NO5/c1-3-12-16(28-18(25)26-4-2)14(15-13(23-12)9-27-17(15)24)10-7-5-6-8-11(10)19(20,21)22/h5-8,14,23H,3-4,9H2,1-2H3. The first-order valence-electron chi connectivity index (χ1n) is 8.68. The van der Waals surface area contributed by atoms with Gasteiger partial charge >= 0.3 is 18.3 Å². The van der Waals surface area contributed by atoms with E-state index in [0.717, 1.165) is 6.07 Å². The summed E-state index contributed by atoms with van der Waals surface area (Å²) in [5, 5.41) is 2.95. The van der Waals surface area contributed by atoms with E-state index in [1.54, 1.807) is 13.8 Å². The fraction of sp³-hybridized carbons (Fsp3) is 0.368. The second-order valence-corrected chi connectivity index (χ2v) is 6.09. The van der Waals surface area contributed by atoms with Crippen LogP contribution in [0.4, 0.5) is 18.0 Å². The summed E-state index contributed by atoms with van der Waals surface area (Å²) in [6.07, 6.45) is -5.40. The lowest BCUT2D eigenvalue weighted by atomic mass is 9.82. The van der Waals surface area contributed by atoms with Crippen molar-refractivity contribution in [3.63, 3.8) is 0 Å². The molecule has 6 nitrogen and oxygen atoms in total. The highest BCUT2D eigenvalue weighted by atomic mass is 19.4. The molecule has 1 unspecified atom stereocenters. The number of ether oxygens (including phenoxy) is 3. The van der Waals surface area contributed by atoms with Gasteiger partial charge in [0.15, 0.2) is 0 Å². The molecule has 0 aliphatic carbocycles. The van der Waals surface area contributed by atoms with Crippen LogP contribution in [0.3, 0.4) is 0 Å². The van der Waals surface area contributed by atoms with Crippen LogP contribution >= 0.6 is 0 Å². The van der Waals surface area contributed by atoms with E-state index in [1.165, 1.54) is 18.2 Å². The highest BCUT2D eigenvalue weighted by Gasteiger charge is 2.45. The third-order valence-electron chi connectivity index (χ3n) is 4.43. The van der Waals surface area contributed by atoms with Gasteiger partial charge in [0.25, 0.3) is 0 Å². The number of halogens is 3. The van der Waals surface area contributed by atoms with E-state index in [-0.39, 0.29) is 30.1 Å². The molecule has 28 heavy (non-hydrogen) atoms.